The third-order valence-corrected chi connectivity index (χ3v) is 1.81. The van der Waals surface area contributed by atoms with Crippen LogP contribution in [0, 0.1) is 5.82 Å². The first kappa shape index (κ1) is 12.0. The largest absolute Gasteiger partial charge is 0.496 e. The number of aliphatic carboxylic acids is 1. The van der Waals surface area contributed by atoms with E-state index >= 15 is 0 Å². The van der Waals surface area contributed by atoms with E-state index in [-0.39, 0.29) is 11.3 Å². The van der Waals surface area contributed by atoms with Crippen LogP contribution in [0.15, 0.2) is 18.2 Å². The van der Waals surface area contributed by atoms with Gasteiger partial charge in [0.15, 0.2) is 0 Å². The quantitative estimate of drug-likeness (QED) is 0.791. The lowest BCUT2D eigenvalue weighted by molar-refractivity contribution is -0.135. The molecule has 1 amide bonds. The first-order chi connectivity index (χ1) is 7.54. The van der Waals surface area contributed by atoms with Crippen LogP contribution in [0.2, 0.25) is 0 Å². The normalized spacial score (nSPS) is 9.62. The maximum atomic E-state index is 12.9. The molecule has 0 fully saturated rings. The Balaban J connectivity index is 2.88. The standard InChI is InChI=1S/C10H10FNO4/c1-16-8-3-2-6(11)4-7(8)10(15)12-5-9(13)14/h2-4H,5H2,1H3,(H,12,15)(H,13,14). The second kappa shape index (κ2) is 5.11. The van der Waals surface area contributed by atoms with Crippen LogP contribution in [0.5, 0.6) is 5.75 Å². The molecule has 0 aromatic heterocycles. The van der Waals surface area contributed by atoms with Gasteiger partial charge in [-0.3, -0.25) is 9.59 Å². The second-order valence-corrected chi connectivity index (χ2v) is 2.92. The van der Waals surface area contributed by atoms with E-state index in [4.69, 9.17) is 9.84 Å². The Bertz CT molecular complexity index is 419. The number of hydrogen-bond donors (Lipinski definition) is 2. The number of carboxylic acid groups (broad SMARTS) is 1. The third-order valence-electron chi connectivity index (χ3n) is 1.81. The first-order valence-corrected chi connectivity index (χ1v) is 4.38. The van der Waals surface area contributed by atoms with E-state index in [2.05, 4.69) is 5.32 Å². The summed E-state index contributed by atoms with van der Waals surface area (Å²) in [6.07, 6.45) is 0. The van der Waals surface area contributed by atoms with E-state index in [1.165, 1.54) is 13.2 Å². The minimum Gasteiger partial charge on any atom is -0.496 e. The summed E-state index contributed by atoms with van der Waals surface area (Å²) in [7, 11) is 1.33. The number of nitrogens with one attached hydrogen (secondary N) is 1. The molecule has 5 nitrogen and oxygen atoms in total. The minimum absolute atomic E-state index is 0.0382. The fourth-order valence-corrected chi connectivity index (χ4v) is 1.11. The predicted molar refractivity (Wildman–Crippen MR) is 52.9 cm³/mol. The molecule has 2 N–H and O–H groups in total. The number of carboxylic acids is 1. The van der Waals surface area contributed by atoms with E-state index in [0.29, 0.717) is 0 Å². The van der Waals surface area contributed by atoms with Crippen molar-refractivity contribution in [3.05, 3.63) is 29.6 Å². The average molecular weight is 227 g/mol. The van der Waals surface area contributed by atoms with Crippen molar-refractivity contribution >= 4 is 11.9 Å². The van der Waals surface area contributed by atoms with Gasteiger partial charge in [-0.2, -0.15) is 0 Å². The van der Waals surface area contributed by atoms with Gasteiger partial charge in [-0.1, -0.05) is 0 Å². The molecule has 16 heavy (non-hydrogen) atoms. The molecule has 0 aliphatic heterocycles. The van der Waals surface area contributed by atoms with Crippen molar-refractivity contribution < 1.29 is 23.8 Å². The van der Waals surface area contributed by atoms with Gasteiger partial charge in [0.2, 0.25) is 0 Å². The summed E-state index contributed by atoms with van der Waals surface area (Å²) in [5, 5.41) is 10.5. The SMILES string of the molecule is COc1ccc(F)cc1C(=O)NCC(=O)O. The fourth-order valence-electron chi connectivity index (χ4n) is 1.11. The van der Waals surface area contributed by atoms with Crippen LogP contribution >= 0.6 is 0 Å². The second-order valence-electron chi connectivity index (χ2n) is 2.92. The molecule has 1 rings (SSSR count). The number of hydrogen-bond acceptors (Lipinski definition) is 3. The third kappa shape index (κ3) is 2.94. The molecule has 1 aromatic rings. The molecule has 0 aliphatic rings. The number of rotatable bonds is 4. The van der Waals surface area contributed by atoms with Crippen molar-refractivity contribution in [1.82, 2.24) is 5.32 Å². The van der Waals surface area contributed by atoms with Gasteiger partial charge in [-0.15, -0.1) is 0 Å². The van der Waals surface area contributed by atoms with E-state index in [9.17, 15) is 14.0 Å². The van der Waals surface area contributed by atoms with Crippen molar-refractivity contribution in [1.29, 1.82) is 0 Å². The van der Waals surface area contributed by atoms with Gasteiger partial charge in [-0.25, -0.2) is 4.39 Å². The molecule has 0 heterocycles. The fraction of sp³-hybridized carbons (Fsp3) is 0.200. The number of methoxy groups -OCH3 is 1. The van der Waals surface area contributed by atoms with Crippen LogP contribution < -0.4 is 10.1 Å². The number of amides is 1. The Morgan fingerprint density at radius 3 is 2.75 bits per heavy atom. The molecular weight excluding hydrogens is 217 g/mol. The van der Waals surface area contributed by atoms with E-state index in [1.54, 1.807) is 0 Å². The van der Waals surface area contributed by atoms with Crippen molar-refractivity contribution in [2.24, 2.45) is 0 Å². The number of benzene rings is 1. The molecule has 0 saturated heterocycles. The van der Waals surface area contributed by atoms with Crippen LogP contribution in [0.4, 0.5) is 4.39 Å². The number of ether oxygens (including phenoxy) is 1. The molecule has 0 spiro atoms. The smallest absolute Gasteiger partial charge is 0.322 e. The Kier molecular flexibility index (Phi) is 3.82. The summed E-state index contributed by atoms with van der Waals surface area (Å²) < 4.78 is 17.7. The first-order valence-electron chi connectivity index (χ1n) is 4.38. The van der Waals surface area contributed by atoms with Gasteiger partial charge in [0.05, 0.1) is 12.7 Å². The van der Waals surface area contributed by atoms with Crippen molar-refractivity contribution in [2.45, 2.75) is 0 Å². The van der Waals surface area contributed by atoms with Gasteiger partial charge < -0.3 is 15.2 Å². The maximum absolute atomic E-state index is 12.9. The van der Waals surface area contributed by atoms with Gasteiger partial charge >= 0.3 is 5.97 Å². The molecular formula is C10H10FNO4. The molecule has 0 saturated carbocycles. The zero-order valence-electron chi connectivity index (χ0n) is 8.49. The highest BCUT2D eigenvalue weighted by atomic mass is 19.1. The molecule has 1 aromatic carbocycles. The summed E-state index contributed by atoms with van der Waals surface area (Å²) in [5.74, 6) is -2.28. The average Bonchev–Trinajstić information content (AvgIpc) is 2.25. The Hall–Kier alpha value is -2.11. The zero-order chi connectivity index (χ0) is 12.1. The van der Waals surface area contributed by atoms with Gasteiger partial charge in [0.1, 0.15) is 18.1 Å². The van der Waals surface area contributed by atoms with Crippen molar-refractivity contribution in [3.8, 4) is 5.75 Å². The van der Waals surface area contributed by atoms with Crippen LogP contribution in [-0.4, -0.2) is 30.6 Å². The summed E-state index contributed by atoms with van der Waals surface area (Å²) in [6.45, 7) is -0.529. The zero-order valence-corrected chi connectivity index (χ0v) is 8.49. The van der Waals surface area contributed by atoms with E-state index in [0.717, 1.165) is 12.1 Å². The molecule has 6 heteroatoms. The molecule has 86 valence electrons. The number of halogens is 1. The summed E-state index contributed by atoms with van der Waals surface area (Å²) in [5.41, 5.74) is -0.0382. The lowest BCUT2D eigenvalue weighted by Crippen LogP contribution is -2.29. The van der Waals surface area contributed by atoms with Crippen LogP contribution in [-0.2, 0) is 4.79 Å². The molecule has 0 unspecified atom stereocenters. The Morgan fingerprint density at radius 1 is 1.50 bits per heavy atom. The van der Waals surface area contributed by atoms with Crippen molar-refractivity contribution in [3.63, 3.8) is 0 Å². The lowest BCUT2D eigenvalue weighted by Gasteiger charge is -2.07. The molecule has 0 radical (unpaired) electrons. The minimum atomic E-state index is -1.18. The maximum Gasteiger partial charge on any atom is 0.322 e. The Labute approximate surface area is 90.8 Å². The predicted octanol–water partition coefficient (Wildman–Crippen LogP) is 0.649. The summed E-state index contributed by atoms with van der Waals surface area (Å²) in [4.78, 5) is 21.7. The van der Waals surface area contributed by atoms with Gasteiger partial charge in [0.25, 0.3) is 5.91 Å². The molecule has 0 atom stereocenters. The van der Waals surface area contributed by atoms with Crippen molar-refractivity contribution in [2.75, 3.05) is 13.7 Å². The van der Waals surface area contributed by atoms with Crippen LogP contribution in [0.1, 0.15) is 10.4 Å². The lowest BCUT2D eigenvalue weighted by atomic mass is 10.2. The highest BCUT2D eigenvalue weighted by Gasteiger charge is 2.13. The van der Waals surface area contributed by atoms with Crippen LogP contribution in [0.3, 0.4) is 0 Å². The topological polar surface area (TPSA) is 75.6 Å². The van der Waals surface area contributed by atoms with E-state index < -0.39 is 24.2 Å². The van der Waals surface area contributed by atoms with Gasteiger partial charge in [0, 0.05) is 0 Å². The van der Waals surface area contributed by atoms with E-state index in [1.807, 2.05) is 0 Å². The number of carbonyl (C=O) groups is 2. The Morgan fingerprint density at radius 2 is 2.19 bits per heavy atom. The monoisotopic (exact) mass is 227 g/mol. The van der Waals surface area contributed by atoms with Crippen LogP contribution in [0.25, 0.3) is 0 Å². The summed E-state index contributed by atoms with van der Waals surface area (Å²) in [6, 6.07) is 3.42. The highest BCUT2D eigenvalue weighted by molar-refractivity contribution is 5.98. The molecule has 0 bridgehead atoms. The number of carbonyl (C=O) groups excluding carboxylic acids is 1. The van der Waals surface area contributed by atoms with Gasteiger partial charge in [-0.05, 0) is 18.2 Å². The molecule has 0 aliphatic carbocycles. The highest BCUT2D eigenvalue weighted by Crippen LogP contribution is 2.18. The summed E-state index contributed by atoms with van der Waals surface area (Å²) >= 11 is 0.